The Bertz CT molecular complexity index is 599. The van der Waals surface area contributed by atoms with E-state index in [0.29, 0.717) is 30.6 Å². The highest BCUT2D eigenvalue weighted by Crippen LogP contribution is 2.13. The first kappa shape index (κ1) is 17.4. The molecule has 0 fully saturated rings. The van der Waals surface area contributed by atoms with Gasteiger partial charge in [0, 0.05) is 12.6 Å². The normalized spacial score (nSPS) is 12.8. The fourth-order valence-corrected chi connectivity index (χ4v) is 2.06. The van der Waals surface area contributed by atoms with Crippen LogP contribution in [-0.4, -0.2) is 38.8 Å². The van der Waals surface area contributed by atoms with E-state index in [0.717, 1.165) is 0 Å². The number of nitrogens with zero attached hydrogens (tertiary/aromatic N) is 3. The zero-order chi connectivity index (χ0) is 16.8. The van der Waals surface area contributed by atoms with Crippen molar-refractivity contribution in [1.82, 2.24) is 15.0 Å². The van der Waals surface area contributed by atoms with Gasteiger partial charge in [-0.3, -0.25) is 4.90 Å². The van der Waals surface area contributed by atoms with Gasteiger partial charge >= 0.3 is 0 Å². The van der Waals surface area contributed by atoms with Crippen molar-refractivity contribution in [3.8, 4) is 5.75 Å². The Hall–Kier alpha value is -1.99. The second-order valence-electron chi connectivity index (χ2n) is 5.72. The number of halogens is 1. The van der Waals surface area contributed by atoms with Crippen molar-refractivity contribution in [2.75, 3.05) is 6.54 Å². The Balaban J connectivity index is 1.90. The average Bonchev–Trinajstić information content (AvgIpc) is 2.93. The summed E-state index contributed by atoms with van der Waals surface area (Å²) in [5.74, 6) is 1.11. The van der Waals surface area contributed by atoms with Gasteiger partial charge in [0.15, 0.2) is 6.61 Å². The molecule has 1 aromatic carbocycles. The van der Waals surface area contributed by atoms with E-state index in [1.54, 1.807) is 19.1 Å². The summed E-state index contributed by atoms with van der Waals surface area (Å²) in [5.41, 5.74) is 0. The van der Waals surface area contributed by atoms with Gasteiger partial charge in [-0.25, -0.2) is 4.39 Å². The minimum absolute atomic E-state index is 0.146. The molecule has 0 aliphatic carbocycles. The molecule has 6 nitrogen and oxygen atoms in total. The summed E-state index contributed by atoms with van der Waals surface area (Å²) in [6.07, 6.45) is -0.429. The largest absolute Gasteiger partial charge is 0.485 e. The first-order chi connectivity index (χ1) is 10.9. The van der Waals surface area contributed by atoms with Crippen LogP contribution in [0.4, 0.5) is 4.39 Å². The van der Waals surface area contributed by atoms with E-state index in [4.69, 9.17) is 9.26 Å². The van der Waals surface area contributed by atoms with Crippen molar-refractivity contribution in [1.29, 1.82) is 0 Å². The maximum absolute atomic E-state index is 12.8. The van der Waals surface area contributed by atoms with Gasteiger partial charge in [-0.05, 0) is 45.0 Å². The molecule has 1 aromatic heterocycles. The number of aromatic nitrogens is 2. The third-order valence-electron chi connectivity index (χ3n) is 3.26. The lowest BCUT2D eigenvalue weighted by Gasteiger charge is -2.25. The molecule has 0 spiro atoms. The molecule has 126 valence electrons. The van der Waals surface area contributed by atoms with Crippen LogP contribution in [-0.2, 0) is 13.2 Å². The summed E-state index contributed by atoms with van der Waals surface area (Å²) >= 11 is 0. The zero-order valence-corrected chi connectivity index (χ0v) is 13.6. The highest BCUT2D eigenvalue weighted by molar-refractivity contribution is 5.22. The highest BCUT2D eigenvalue weighted by Gasteiger charge is 2.16. The van der Waals surface area contributed by atoms with Crippen molar-refractivity contribution in [3.63, 3.8) is 0 Å². The number of hydrogen-bond acceptors (Lipinski definition) is 6. The summed E-state index contributed by atoms with van der Waals surface area (Å²) in [6, 6.07) is 5.98. The van der Waals surface area contributed by atoms with E-state index >= 15 is 0 Å². The van der Waals surface area contributed by atoms with Crippen LogP contribution >= 0.6 is 0 Å². The van der Waals surface area contributed by atoms with Gasteiger partial charge < -0.3 is 14.4 Å². The lowest BCUT2D eigenvalue weighted by molar-refractivity contribution is 0.0943. The number of aliphatic hydroxyl groups excluding tert-OH is 1. The van der Waals surface area contributed by atoms with Gasteiger partial charge in [0.05, 0.1) is 12.6 Å². The highest BCUT2D eigenvalue weighted by atomic mass is 19.1. The maximum atomic E-state index is 12.8. The molecule has 0 amide bonds. The number of hydrogen-bond donors (Lipinski definition) is 1. The molecule has 0 saturated carbocycles. The maximum Gasteiger partial charge on any atom is 0.240 e. The fourth-order valence-electron chi connectivity index (χ4n) is 2.06. The summed E-state index contributed by atoms with van der Waals surface area (Å²) < 4.78 is 23.5. The Morgan fingerprint density at radius 3 is 2.57 bits per heavy atom. The quantitative estimate of drug-likeness (QED) is 0.804. The van der Waals surface area contributed by atoms with Crippen LogP contribution in [0.25, 0.3) is 0 Å². The standard InChI is InChI=1S/C16H22FN3O3/c1-11(2)20(8-12(3)21)9-16-18-15(19-23-16)10-22-14-6-4-13(17)5-7-14/h4-7,11-12,21H,8-10H2,1-3H3. The molecule has 0 bridgehead atoms. The predicted octanol–water partition coefficient (Wildman–Crippen LogP) is 2.38. The SMILES string of the molecule is CC(O)CN(Cc1nc(COc2ccc(F)cc2)no1)C(C)C. The van der Waals surface area contributed by atoms with Crippen LogP contribution in [0, 0.1) is 5.82 Å². The van der Waals surface area contributed by atoms with Crippen LogP contribution in [0.3, 0.4) is 0 Å². The van der Waals surface area contributed by atoms with Gasteiger partial charge in [0.2, 0.25) is 11.7 Å². The van der Waals surface area contributed by atoms with Crippen LogP contribution < -0.4 is 4.74 Å². The molecule has 0 saturated heterocycles. The zero-order valence-electron chi connectivity index (χ0n) is 13.6. The van der Waals surface area contributed by atoms with Gasteiger partial charge in [0.1, 0.15) is 11.6 Å². The van der Waals surface area contributed by atoms with E-state index in [1.165, 1.54) is 12.1 Å². The van der Waals surface area contributed by atoms with Gasteiger partial charge in [-0.15, -0.1) is 0 Å². The second-order valence-corrected chi connectivity index (χ2v) is 5.72. The van der Waals surface area contributed by atoms with Crippen LogP contribution in [0.2, 0.25) is 0 Å². The molecule has 1 atom stereocenters. The van der Waals surface area contributed by atoms with Gasteiger partial charge in [0.25, 0.3) is 0 Å². The summed E-state index contributed by atoms with van der Waals surface area (Å²) in [7, 11) is 0. The third kappa shape index (κ3) is 5.61. The first-order valence-corrected chi connectivity index (χ1v) is 7.56. The monoisotopic (exact) mass is 323 g/mol. The Labute approximate surface area is 134 Å². The minimum Gasteiger partial charge on any atom is -0.485 e. The van der Waals surface area contributed by atoms with E-state index in [-0.39, 0.29) is 18.5 Å². The Kier molecular flexibility index (Phi) is 6.06. The van der Waals surface area contributed by atoms with Crippen molar-refractivity contribution in [2.24, 2.45) is 0 Å². The van der Waals surface area contributed by atoms with Crippen LogP contribution in [0.5, 0.6) is 5.75 Å². The molecule has 1 N–H and O–H groups in total. The fraction of sp³-hybridized carbons (Fsp3) is 0.500. The van der Waals surface area contributed by atoms with E-state index in [1.807, 2.05) is 18.7 Å². The van der Waals surface area contributed by atoms with Crippen LogP contribution in [0.15, 0.2) is 28.8 Å². The molecule has 0 radical (unpaired) electrons. The molecule has 2 rings (SSSR count). The molecule has 2 aromatic rings. The van der Waals surface area contributed by atoms with E-state index in [9.17, 15) is 9.50 Å². The molecule has 1 unspecified atom stereocenters. The van der Waals surface area contributed by atoms with Crippen molar-refractivity contribution in [2.45, 2.75) is 46.1 Å². The number of benzene rings is 1. The molecular formula is C16H22FN3O3. The van der Waals surface area contributed by atoms with Gasteiger partial charge in [-0.2, -0.15) is 4.98 Å². The predicted molar refractivity (Wildman–Crippen MR) is 82.3 cm³/mol. The molecule has 0 aliphatic rings. The molecule has 1 heterocycles. The molecule has 7 heteroatoms. The smallest absolute Gasteiger partial charge is 0.240 e. The molecule has 23 heavy (non-hydrogen) atoms. The number of ether oxygens (including phenoxy) is 1. The van der Waals surface area contributed by atoms with E-state index < -0.39 is 6.10 Å². The topological polar surface area (TPSA) is 71.6 Å². The Morgan fingerprint density at radius 1 is 1.26 bits per heavy atom. The lowest BCUT2D eigenvalue weighted by atomic mass is 10.2. The molecular weight excluding hydrogens is 301 g/mol. The summed E-state index contributed by atoms with van der Waals surface area (Å²) in [5, 5.41) is 13.4. The number of rotatable bonds is 8. The van der Waals surface area contributed by atoms with Crippen molar-refractivity contribution >= 4 is 0 Å². The van der Waals surface area contributed by atoms with Crippen LogP contribution in [0.1, 0.15) is 32.5 Å². The van der Waals surface area contributed by atoms with Crippen molar-refractivity contribution in [3.05, 3.63) is 41.8 Å². The van der Waals surface area contributed by atoms with E-state index in [2.05, 4.69) is 10.1 Å². The number of aliphatic hydroxyl groups is 1. The third-order valence-corrected chi connectivity index (χ3v) is 3.26. The summed E-state index contributed by atoms with van der Waals surface area (Å²) in [6.45, 7) is 6.96. The average molecular weight is 323 g/mol. The second kappa shape index (κ2) is 8.03. The Morgan fingerprint density at radius 2 is 1.96 bits per heavy atom. The van der Waals surface area contributed by atoms with Crippen molar-refractivity contribution < 1.29 is 18.8 Å². The molecule has 0 aliphatic heterocycles. The first-order valence-electron chi connectivity index (χ1n) is 7.56. The minimum atomic E-state index is -0.429. The lowest BCUT2D eigenvalue weighted by Crippen LogP contribution is -2.36. The summed E-state index contributed by atoms with van der Waals surface area (Å²) in [4.78, 5) is 6.32. The van der Waals surface area contributed by atoms with Gasteiger partial charge in [-0.1, -0.05) is 5.16 Å².